The summed E-state index contributed by atoms with van der Waals surface area (Å²) in [4.78, 5) is 6.70. The summed E-state index contributed by atoms with van der Waals surface area (Å²) in [6.45, 7) is 10.9. The smallest absolute Gasteiger partial charge is 0.240 e. The van der Waals surface area contributed by atoms with E-state index in [4.69, 9.17) is 9.26 Å². The molecule has 96 valence electrons. The third kappa shape index (κ3) is 3.26. The molecule has 5 heteroatoms. The quantitative estimate of drug-likeness (QED) is 0.805. The summed E-state index contributed by atoms with van der Waals surface area (Å²) in [7, 11) is 0. The second-order valence-corrected chi connectivity index (χ2v) is 5.15. The molecule has 17 heavy (non-hydrogen) atoms. The van der Waals surface area contributed by atoms with Gasteiger partial charge in [-0.05, 0) is 13.8 Å². The highest BCUT2D eigenvalue weighted by atomic mass is 16.5. The lowest BCUT2D eigenvalue weighted by Gasteiger charge is -2.34. The lowest BCUT2D eigenvalue weighted by atomic mass is 10.2. The van der Waals surface area contributed by atoms with Gasteiger partial charge in [-0.25, -0.2) is 0 Å². The minimum atomic E-state index is 0.270. The second kappa shape index (κ2) is 5.14. The molecule has 0 spiro atoms. The highest BCUT2D eigenvalue weighted by molar-refractivity contribution is 4.92. The molecular formula is C12H21N3O2. The molecule has 0 aromatic carbocycles. The van der Waals surface area contributed by atoms with Gasteiger partial charge in [0.1, 0.15) is 0 Å². The van der Waals surface area contributed by atoms with Crippen LogP contribution < -0.4 is 0 Å². The summed E-state index contributed by atoms with van der Waals surface area (Å²) in [5, 5.41) is 3.98. The fourth-order valence-electron chi connectivity index (χ4n) is 2.17. The fourth-order valence-corrected chi connectivity index (χ4v) is 2.17. The van der Waals surface area contributed by atoms with Crippen LogP contribution in [0.3, 0.4) is 0 Å². The first-order valence-electron chi connectivity index (χ1n) is 6.25. The molecule has 2 rings (SSSR count). The maximum absolute atomic E-state index is 5.69. The van der Waals surface area contributed by atoms with E-state index in [1.54, 1.807) is 0 Å². The van der Waals surface area contributed by atoms with Crippen LogP contribution in [0.1, 0.15) is 45.3 Å². The number of morpholine rings is 1. The Morgan fingerprint density at radius 1 is 1.29 bits per heavy atom. The number of ether oxygens (including phenoxy) is 1. The lowest BCUT2D eigenvalue weighted by Crippen LogP contribution is -2.44. The van der Waals surface area contributed by atoms with Gasteiger partial charge < -0.3 is 9.26 Å². The van der Waals surface area contributed by atoms with Crippen LogP contribution in [-0.2, 0) is 11.3 Å². The van der Waals surface area contributed by atoms with Crippen LogP contribution >= 0.6 is 0 Å². The van der Waals surface area contributed by atoms with E-state index in [9.17, 15) is 0 Å². The van der Waals surface area contributed by atoms with Gasteiger partial charge >= 0.3 is 0 Å². The summed E-state index contributed by atoms with van der Waals surface area (Å²) in [5.74, 6) is 1.80. The summed E-state index contributed by atoms with van der Waals surface area (Å²) in [6.07, 6.45) is 0.539. The molecule has 2 atom stereocenters. The Hall–Kier alpha value is -0.940. The Morgan fingerprint density at radius 2 is 1.94 bits per heavy atom. The van der Waals surface area contributed by atoms with Crippen molar-refractivity contribution in [2.75, 3.05) is 13.1 Å². The van der Waals surface area contributed by atoms with Crippen molar-refractivity contribution in [3.63, 3.8) is 0 Å². The van der Waals surface area contributed by atoms with E-state index in [1.165, 1.54) is 0 Å². The first-order valence-corrected chi connectivity index (χ1v) is 6.25. The molecule has 1 saturated heterocycles. The van der Waals surface area contributed by atoms with Gasteiger partial charge in [-0.15, -0.1) is 0 Å². The molecule has 1 aliphatic rings. The standard InChI is InChI=1S/C12H21N3O2/c1-8(2)12-13-11(17-14-12)7-15-5-9(3)16-10(4)6-15/h8-10H,5-7H2,1-4H3/t9-,10-/m1/s1. The average molecular weight is 239 g/mol. The fraction of sp³-hybridized carbons (Fsp3) is 0.833. The van der Waals surface area contributed by atoms with Crippen molar-refractivity contribution in [2.24, 2.45) is 0 Å². The zero-order valence-electron chi connectivity index (χ0n) is 11.0. The Labute approximate surface area is 102 Å². The maximum atomic E-state index is 5.69. The normalized spacial score (nSPS) is 26.6. The zero-order chi connectivity index (χ0) is 12.4. The molecule has 0 saturated carbocycles. The molecule has 1 aromatic rings. The Kier molecular flexibility index (Phi) is 3.79. The van der Waals surface area contributed by atoms with Gasteiger partial charge in [-0.1, -0.05) is 19.0 Å². The highest BCUT2D eigenvalue weighted by Crippen LogP contribution is 2.15. The van der Waals surface area contributed by atoms with Crippen molar-refractivity contribution < 1.29 is 9.26 Å². The van der Waals surface area contributed by atoms with E-state index in [0.717, 1.165) is 25.5 Å². The van der Waals surface area contributed by atoms with Gasteiger partial charge in [0.25, 0.3) is 0 Å². The van der Waals surface area contributed by atoms with Crippen LogP contribution in [0.25, 0.3) is 0 Å². The molecule has 1 fully saturated rings. The number of hydrogen-bond acceptors (Lipinski definition) is 5. The number of rotatable bonds is 3. The van der Waals surface area contributed by atoms with Crippen LogP contribution in [0.15, 0.2) is 4.52 Å². The first-order chi connectivity index (χ1) is 8.04. The monoisotopic (exact) mass is 239 g/mol. The minimum Gasteiger partial charge on any atom is -0.373 e. The Morgan fingerprint density at radius 3 is 2.47 bits per heavy atom. The van der Waals surface area contributed by atoms with Crippen molar-refractivity contribution in [1.29, 1.82) is 0 Å². The SMILES string of the molecule is CC(C)c1noc(CN2C[C@@H](C)O[C@H](C)C2)n1. The van der Waals surface area contributed by atoms with E-state index in [-0.39, 0.29) is 12.2 Å². The molecule has 0 radical (unpaired) electrons. The van der Waals surface area contributed by atoms with Gasteiger partial charge in [0.05, 0.1) is 18.8 Å². The van der Waals surface area contributed by atoms with Crippen molar-refractivity contribution in [1.82, 2.24) is 15.0 Å². The largest absolute Gasteiger partial charge is 0.373 e. The van der Waals surface area contributed by atoms with Crippen molar-refractivity contribution >= 4 is 0 Å². The molecule has 2 heterocycles. The van der Waals surface area contributed by atoms with E-state index in [2.05, 4.69) is 42.7 Å². The van der Waals surface area contributed by atoms with E-state index < -0.39 is 0 Å². The molecule has 0 amide bonds. The van der Waals surface area contributed by atoms with Gasteiger partial charge in [-0.3, -0.25) is 4.90 Å². The van der Waals surface area contributed by atoms with E-state index in [1.807, 2.05) is 0 Å². The van der Waals surface area contributed by atoms with Crippen LogP contribution in [0.5, 0.6) is 0 Å². The van der Waals surface area contributed by atoms with Crippen LogP contribution in [0.2, 0.25) is 0 Å². The Balaban J connectivity index is 1.95. The number of hydrogen-bond donors (Lipinski definition) is 0. The molecule has 0 N–H and O–H groups in total. The third-order valence-corrected chi connectivity index (χ3v) is 2.85. The van der Waals surface area contributed by atoms with Crippen LogP contribution in [0, 0.1) is 0 Å². The van der Waals surface area contributed by atoms with E-state index >= 15 is 0 Å². The van der Waals surface area contributed by atoms with Crippen molar-refractivity contribution in [3.05, 3.63) is 11.7 Å². The summed E-state index contributed by atoms with van der Waals surface area (Å²) < 4.78 is 10.9. The van der Waals surface area contributed by atoms with Gasteiger partial charge in [0.15, 0.2) is 5.82 Å². The predicted octanol–water partition coefficient (Wildman–Crippen LogP) is 1.80. The predicted molar refractivity (Wildman–Crippen MR) is 63.7 cm³/mol. The summed E-state index contributed by atoms with van der Waals surface area (Å²) in [6, 6.07) is 0. The zero-order valence-corrected chi connectivity index (χ0v) is 11.0. The van der Waals surface area contributed by atoms with E-state index in [0.29, 0.717) is 11.8 Å². The average Bonchev–Trinajstić information content (AvgIpc) is 2.64. The minimum absolute atomic E-state index is 0.270. The van der Waals surface area contributed by atoms with Crippen LogP contribution in [-0.4, -0.2) is 40.3 Å². The number of nitrogens with zero attached hydrogens (tertiary/aromatic N) is 3. The first kappa shape index (κ1) is 12.5. The maximum Gasteiger partial charge on any atom is 0.240 e. The van der Waals surface area contributed by atoms with Gasteiger partial charge in [0.2, 0.25) is 5.89 Å². The molecule has 0 unspecified atom stereocenters. The molecule has 0 bridgehead atoms. The van der Waals surface area contributed by atoms with Crippen molar-refractivity contribution in [2.45, 2.75) is 52.4 Å². The third-order valence-electron chi connectivity index (χ3n) is 2.85. The summed E-state index contributed by atoms with van der Waals surface area (Å²) in [5.41, 5.74) is 0. The molecule has 1 aliphatic heterocycles. The highest BCUT2D eigenvalue weighted by Gasteiger charge is 2.23. The molecular weight excluding hydrogens is 218 g/mol. The van der Waals surface area contributed by atoms with Gasteiger partial charge in [0, 0.05) is 19.0 Å². The second-order valence-electron chi connectivity index (χ2n) is 5.15. The molecule has 5 nitrogen and oxygen atoms in total. The Bertz CT molecular complexity index is 354. The lowest BCUT2D eigenvalue weighted by molar-refractivity contribution is -0.0725. The topological polar surface area (TPSA) is 51.4 Å². The summed E-state index contributed by atoms with van der Waals surface area (Å²) >= 11 is 0. The number of aromatic nitrogens is 2. The molecule has 1 aromatic heterocycles. The van der Waals surface area contributed by atoms with Crippen LogP contribution in [0.4, 0.5) is 0 Å². The van der Waals surface area contributed by atoms with Crippen molar-refractivity contribution in [3.8, 4) is 0 Å². The van der Waals surface area contributed by atoms with Gasteiger partial charge in [-0.2, -0.15) is 4.98 Å². The molecule has 0 aliphatic carbocycles.